The van der Waals surface area contributed by atoms with Gasteiger partial charge in [0.15, 0.2) is 17.2 Å². The Labute approximate surface area is 221 Å². The van der Waals surface area contributed by atoms with E-state index in [0.717, 1.165) is 16.7 Å². The van der Waals surface area contributed by atoms with Gasteiger partial charge in [-0.05, 0) is 43.9 Å². The van der Waals surface area contributed by atoms with E-state index in [2.05, 4.69) is 21.2 Å². The van der Waals surface area contributed by atoms with Crippen molar-refractivity contribution in [3.63, 3.8) is 0 Å². The number of halogens is 1. The minimum Gasteiger partial charge on any atom is -0.461 e. The maximum Gasteiger partial charge on any atom is 0.312 e. The second-order valence-corrected chi connectivity index (χ2v) is 10.4. The number of benzene rings is 1. The lowest BCUT2D eigenvalue weighted by molar-refractivity contribution is -0.152. The quantitative estimate of drug-likeness (QED) is 0.240. The van der Waals surface area contributed by atoms with E-state index < -0.39 is 35.3 Å². The Morgan fingerprint density at radius 1 is 1.37 bits per heavy atom. The number of hydrogen-bond acceptors (Lipinski definition) is 10. The smallest absolute Gasteiger partial charge is 0.312 e. The lowest BCUT2D eigenvalue weighted by Gasteiger charge is -2.30. The predicted molar refractivity (Wildman–Crippen MR) is 139 cm³/mol. The third kappa shape index (κ3) is 5.36. The zero-order valence-electron chi connectivity index (χ0n) is 22.2. The van der Waals surface area contributed by atoms with Gasteiger partial charge in [-0.15, -0.1) is 6.42 Å². The number of esters is 2. The monoisotopic (exact) mass is 525 g/mol. The average molecular weight is 526 g/mol. The minimum atomic E-state index is -1.15. The summed E-state index contributed by atoms with van der Waals surface area (Å²) in [6.45, 7) is 9.09. The first-order chi connectivity index (χ1) is 17.8. The van der Waals surface area contributed by atoms with Crippen LogP contribution in [0.4, 0.5) is 21.7 Å². The number of carbonyl (C=O) groups is 2. The van der Waals surface area contributed by atoms with Gasteiger partial charge in [-0.2, -0.15) is 14.4 Å². The number of nitrogens with two attached hydrogens (primary N) is 1. The topological polar surface area (TPSA) is 129 Å². The number of terminal acetylenes is 1. The van der Waals surface area contributed by atoms with Crippen LogP contribution in [0.3, 0.4) is 0 Å². The van der Waals surface area contributed by atoms with Gasteiger partial charge in [0.05, 0.1) is 13.1 Å². The second kappa shape index (κ2) is 10.1. The molecule has 202 valence electrons. The second-order valence-electron chi connectivity index (χ2n) is 10.4. The summed E-state index contributed by atoms with van der Waals surface area (Å²) in [5, 5.41) is 3.04. The van der Waals surface area contributed by atoms with Crippen molar-refractivity contribution >= 4 is 29.3 Å². The predicted octanol–water partition coefficient (Wildman–Crippen LogP) is 3.35. The Balaban J connectivity index is 1.43. The number of hydrogen-bond donors (Lipinski definition) is 2. The number of aryl methyl sites for hydroxylation is 2. The van der Waals surface area contributed by atoms with Gasteiger partial charge in [-0.3, -0.25) is 9.59 Å². The molecule has 0 spiro atoms. The molecule has 3 heterocycles. The fourth-order valence-corrected chi connectivity index (χ4v) is 5.23. The standard InChI is InChI=1S/C27H32FN5O5/c1-7-27(9-8-19(38-27)33-14-30-22-23(29)31-25(28)32-24(22)33)13-36-20(35)12-26(5,6)21-16(3)10-15(2)11-18(21)37-17(4)34/h1,10-11,19,30H,8-9,12-14H2,2-6H3,(H2,29,31,32). The van der Waals surface area contributed by atoms with Crippen LogP contribution in [-0.2, 0) is 24.5 Å². The molecule has 1 saturated heterocycles. The summed E-state index contributed by atoms with van der Waals surface area (Å²) in [4.78, 5) is 33.8. The number of aromatic nitrogens is 2. The van der Waals surface area contributed by atoms with E-state index in [4.69, 9.17) is 26.4 Å². The molecule has 2 aliphatic rings. The average Bonchev–Trinajstić information content (AvgIpc) is 3.41. The van der Waals surface area contributed by atoms with Gasteiger partial charge in [0.25, 0.3) is 0 Å². The molecule has 0 radical (unpaired) electrons. The molecule has 3 N–H and O–H groups in total. The third-order valence-electron chi connectivity index (χ3n) is 6.78. The lowest BCUT2D eigenvalue weighted by atomic mass is 9.78. The molecular formula is C27H32FN5O5. The summed E-state index contributed by atoms with van der Waals surface area (Å²) in [5.41, 5.74) is 6.99. The molecule has 4 rings (SSSR count). The highest BCUT2D eigenvalue weighted by Gasteiger charge is 2.45. The molecule has 1 aromatic carbocycles. The van der Waals surface area contributed by atoms with E-state index in [0.29, 0.717) is 30.1 Å². The van der Waals surface area contributed by atoms with Crippen molar-refractivity contribution in [3.8, 4) is 18.1 Å². The first kappa shape index (κ1) is 27.1. The van der Waals surface area contributed by atoms with Crippen molar-refractivity contribution in [1.82, 2.24) is 9.97 Å². The van der Waals surface area contributed by atoms with Crippen LogP contribution in [-0.4, -0.2) is 47.0 Å². The van der Waals surface area contributed by atoms with E-state index >= 15 is 0 Å². The van der Waals surface area contributed by atoms with Crippen LogP contribution in [0.1, 0.15) is 56.7 Å². The van der Waals surface area contributed by atoms with Crippen molar-refractivity contribution in [2.45, 2.75) is 71.1 Å². The van der Waals surface area contributed by atoms with E-state index in [1.807, 2.05) is 33.8 Å². The van der Waals surface area contributed by atoms with Gasteiger partial charge in [-0.25, -0.2) is 0 Å². The summed E-state index contributed by atoms with van der Waals surface area (Å²) in [7, 11) is 0. The molecular weight excluding hydrogens is 493 g/mol. The van der Waals surface area contributed by atoms with Crippen LogP contribution in [0, 0.1) is 32.3 Å². The zero-order valence-corrected chi connectivity index (χ0v) is 22.2. The highest BCUT2D eigenvalue weighted by atomic mass is 19.1. The maximum absolute atomic E-state index is 13.8. The summed E-state index contributed by atoms with van der Waals surface area (Å²) in [5.74, 6) is 2.46. The zero-order chi connectivity index (χ0) is 27.8. The Hall–Kier alpha value is -3.91. The number of fused-ring (bicyclic) bond motifs is 1. The molecule has 1 fully saturated rings. The molecule has 0 saturated carbocycles. The van der Waals surface area contributed by atoms with Crippen molar-refractivity contribution in [2.24, 2.45) is 0 Å². The van der Waals surface area contributed by atoms with Crippen molar-refractivity contribution in [1.29, 1.82) is 0 Å². The van der Waals surface area contributed by atoms with Crippen LogP contribution < -0.4 is 20.7 Å². The lowest BCUT2D eigenvalue weighted by Crippen LogP contribution is -2.41. The SMILES string of the molecule is C#CC1(COC(=O)CC(C)(C)c2c(C)cc(C)cc2OC(C)=O)CCC(N2CNc3c(N)nc(F)nc32)O1. The first-order valence-corrected chi connectivity index (χ1v) is 12.3. The molecule has 0 aliphatic carbocycles. The van der Waals surface area contributed by atoms with Crippen molar-refractivity contribution in [3.05, 3.63) is 34.9 Å². The molecule has 2 aliphatic heterocycles. The van der Waals surface area contributed by atoms with Crippen molar-refractivity contribution in [2.75, 3.05) is 29.2 Å². The number of ether oxygens (including phenoxy) is 3. The van der Waals surface area contributed by atoms with Crippen LogP contribution >= 0.6 is 0 Å². The molecule has 11 heteroatoms. The Morgan fingerprint density at radius 2 is 2.11 bits per heavy atom. The Bertz CT molecular complexity index is 1320. The fourth-order valence-electron chi connectivity index (χ4n) is 5.23. The largest absolute Gasteiger partial charge is 0.461 e. The van der Waals surface area contributed by atoms with Crippen LogP contribution in [0.2, 0.25) is 0 Å². The third-order valence-corrected chi connectivity index (χ3v) is 6.78. The molecule has 2 atom stereocenters. The normalized spacial score (nSPS) is 20.4. The van der Waals surface area contributed by atoms with E-state index in [1.165, 1.54) is 6.92 Å². The maximum atomic E-state index is 13.8. The van der Waals surface area contributed by atoms with Crippen LogP contribution in [0.5, 0.6) is 5.75 Å². The number of anilines is 3. The number of carbonyl (C=O) groups excluding carboxylic acids is 2. The van der Waals surface area contributed by atoms with Gasteiger partial charge < -0.3 is 30.2 Å². The van der Waals surface area contributed by atoms with Crippen LogP contribution in [0.15, 0.2) is 12.1 Å². The number of nitrogen functional groups attached to an aromatic ring is 1. The molecule has 0 amide bonds. The first-order valence-electron chi connectivity index (χ1n) is 12.3. The Kier molecular flexibility index (Phi) is 7.21. The molecule has 38 heavy (non-hydrogen) atoms. The number of nitrogens with one attached hydrogen (secondary N) is 1. The van der Waals surface area contributed by atoms with E-state index in [9.17, 15) is 14.0 Å². The van der Waals surface area contributed by atoms with Gasteiger partial charge in [-0.1, -0.05) is 25.8 Å². The minimum absolute atomic E-state index is 0.00780. The fraction of sp³-hybridized carbons (Fsp3) is 0.481. The van der Waals surface area contributed by atoms with Gasteiger partial charge in [0.1, 0.15) is 24.3 Å². The molecule has 0 bridgehead atoms. The molecule has 2 unspecified atom stereocenters. The summed E-state index contributed by atoms with van der Waals surface area (Å²) in [6.07, 6.45) is 5.32. The highest BCUT2D eigenvalue weighted by Crippen LogP contribution is 2.41. The van der Waals surface area contributed by atoms with Gasteiger partial charge in [0.2, 0.25) is 0 Å². The van der Waals surface area contributed by atoms with E-state index in [1.54, 1.807) is 11.0 Å². The summed E-state index contributed by atoms with van der Waals surface area (Å²) >= 11 is 0. The summed E-state index contributed by atoms with van der Waals surface area (Å²) < 4.78 is 31.0. The number of nitrogens with zero attached hydrogens (tertiary/aromatic N) is 3. The van der Waals surface area contributed by atoms with Crippen molar-refractivity contribution < 1.29 is 28.2 Å². The molecule has 1 aromatic heterocycles. The van der Waals surface area contributed by atoms with Gasteiger partial charge in [0, 0.05) is 17.9 Å². The molecule has 10 nitrogen and oxygen atoms in total. The van der Waals surface area contributed by atoms with Crippen LogP contribution in [0.25, 0.3) is 0 Å². The Morgan fingerprint density at radius 3 is 2.79 bits per heavy atom. The summed E-state index contributed by atoms with van der Waals surface area (Å²) in [6, 6.07) is 3.76. The molecule has 2 aromatic rings. The van der Waals surface area contributed by atoms with Gasteiger partial charge >= 0.3 is 18.0 Å². The number of rotatable bonds is 7. The highest BCUT2D eigenvalue weighted by molar-refractivity contribution is 5.80. The van der Waals surface area contributed by atoms with E-state index in [-0.39, 0.29) is 25.5 Å².